The number of aromatic nitrogens is 2. The highest BCUT2D eigenvalue weighted by Crippen LogP contribution is 2.35. The molecule has 0 spiro atoms. The lowest BCUT2D eigenvalue weighted by atomic mass is 9.90. The van der Waals surface area contributed by atoms with Crippen molar-refractivity contribution in [1.29, 1.82) is 0 Å². The molecule has 1 saturated heterocycles. The molecule has 1 aromatic heterocycles. The molecule has 1 fully saturated rings. The zero-order chi connectivity index (χ0) is 12.4. The van der Waals surface area contributed by atoms with Crippen LogP contribution in [-0.2, 0) is 11.3 Å². The van der Waals surface area contributed by atoms with Gasteiger partial charge in [-0.3, -0.25) is 4.68 Å². The Morgan fingerprint density at radius 3 is 3.06 bits per heavy atom. The van der Waals surface area contributed by atoms with E-state index in [0.29, 0.717) is 5.92 Å². The van der Waals surface area contributed by atoms with Gasteiger partial charge in [-0.2, -0.15) is 5.10 Å². The summed E-state index contributed by atoms with van der Waals surface area (Å²) in [4.78, 5) is 0. The molecule has 0 saturated carbocycles. The minimum atomic E-state index is -0.000671. The molecule has 3 unspecified atom stereocenters. The lowest BCUT2D eigenvalue weighted by Gasteiger charge is -2.24. The van der Waals surface area contributed by atoms with Crippen molar-refractivity contribution in [2.45, 2.75) is 45.4 Å². The molecule has 0 bridgehead atoms. The molecule has 1 aliphatic heterocycles. The first-order valence-corrected chi connectivity index (χ1v) is 7.06. The topological polar surface area (TPSA) is 53.1 Å². The Bertz CT molecular complexity index is 380. The van der Waals surface area contributed by atoms with Crippen molar-refractivity contribution < 1.29 is 4.74 Å². The predicted molar refractivity (Wildman–Crippen MR) is 70.7 cm³/mol. The molecule has 17 heavy (non-hydrogen) atoms. The van der Waals surface area contributed by atoms with Crippen molar-refractivity contribution in [3.05, 3.63) is 16.4 Å². The first kappa shape index (κ1) is 13.1. The maximum Gasteiger partial charge on any atom is 0.0697 e. The van der Waals surface area contributed by atoms with Gasteiger partial charge in [0.15, 0.2) is 0 Å². The molecule has 2 rings (SSSR count). The minimum absolute atomic E-state index is 0.000671. The smallest absolute Gasteiger partial charge is 0.0697 e. The maximum absolute atomic E-state index is 6.42. The van der Waals surface area contributed by atoms with Crippen LogP contribution in [0.4, 0.5) is 0 Å². The molecule has 3 atom stereocenters. The molecule has 4 nitrogen and oxygen atoms in total. The summed E-state index contributed by atoms with van der Waals surface area (Å²) < 4.78 is 8.70. The third-order valence-corrected chi connectivity index (χ3v) is 4.18. The summed E-state index contributed by atoms with van der Waals surface area (Å²) in [5, 5.41) is 4.33. The molecule has 1 aromatic rings. The first-order chi connectivity index (χ1) is 8.19. The third-order valence-electron chi connectivity index (χ3n) is 3.57. The summed E-state index contributed by atoms with van der Waals surface area (Å²) in [6.45, 7) is 5.91. The summed E-state index contributed by atoms with van der Waals surface area (Å²) in [5.74, 6) is 0.401. The SMILES string of the molecule is CCC1OCCC1C(N)c1c(Br)cnn1CC. The molecule has 96 valence electrons. The van der Waals surface area contributed by atoms with Crippen LogP contribution in [-0.4, -0.2) is 22.5 Å². The van der Waals surface area contributed by atoms with Gasteiger partial charge in [0.05, 0.1) is 28.5 Å². The summed E-state index contributed by atoms with van der Waals surface area (Å²) in [6, 6.07) is -0.000671. The van der Waals surface area contributed by atoms with Gasteiger partial charge in [0.25, 0.3) is 0 Å². The molecule has 5 heteroatoms. The second kappa shape index (κ2) is 5.50. The molecular weight excluding hydrogens is 282 g/mol. The Labute approximate surface area is 111 Å². The molecule has 0 aromatic carbocycles. The van der Waals surface area contributed by atoms with Gasteiger partial charge >= 0.3 is 0 Å². The summed E-state index contributed by atoms with van der Waals surface area (Å²) >= 11 is 3.54. The zero-order valence-corrected chi connectivity index (χ0v) is 12.0. The van der Waals surface area contributed by atoms with Crippen LogP contribution in [0.1, 0.15) is 38.4 Å². The standard InChI is InChI=1S/C12H20BrN3O/c1-3-10-8(5-6-17-10)11(14)12-9(13)7-15-16(12)4-2/h7-8,10-11H,3-6,14H2,1-2H3. The second-order valence-electron chi connectivity index (χ2n) is 4.49. The van der Waals surface area contributed by atoms with Crippen molar-refractivity contribution in [3.63, 3.8) is 0 Å². The number of ether oxygens (including phenoxy) is 1. The van der Waals surface area contributed by atoms with Crippen LogP contribution >= 0.6 is 15.9 Å². The first-order valence-electron chi connectivity index (χ1n) is 6.27. The summed E-state index contributed by atoms with van der Waals surface area (Å²) in [5.41, 5.74) is 7.52. The lowest BCUT2D eigenvalue weighted by molar-refractivity contribution is 0.0805. The summed E-state index contributed by atoms with van der Waals surface area (Å²) in [6.07, 6.45) is 4.18. The molecule has 0 radical (unpaired) electrons. The Morgan fingerprint density at radius 2 is 2.41 bits per heavy atom. The van der Waals surface area contributed by atoms with E-state index >= 15 is 0 Å². The highest BCUT2D eigenvalue weighted by Gasteiger charge is 2.34. The average molecular weight is 302 g/mol. The van der Waals surface area contributed by atoms with E-state index in [1.54, 1.807) is 0 Å². The molecular formula is C12H20BrN3O. The van der Waals surface area contributed by atoms with Crippen molar-refractivity contribution >= 4 is 15.9 Å². The molecule has 0 aliphatic carbocycles. The van der Waals surface area contributed by atoms with E-state index in [0.717, 1.165) is 36.2 Å². The Morgan fingerprint density at radius 1 is 1.65 bits per heavy atom. The van der Waals surface area contributed by atoms with Crippen LogP contribution in [0.3, 0.4) is 0 Å². The van der Waals surface area contributed by atoms with E-state index in [1.165, 1.54) is 0 Å². The van der Waals surface area contributed by atoms with Gasteiger partial charge in [-0.1, -0.05) is 6.92 Å². The molecule has 0 amide bonds. The van der Waals surface area contributed by atoms with Crippen molar-refractivity contribution in [2.24, 2.45) is 11.7 Å². The normalized spacial score (nSPS) is 26.4. The fourth-order valence-electron chi connectivity index (χ4n) is 2.65. The highest BCUT2D eigenvalue weighted by atomic mass is 79.9. The molecule has 2 heterocycles. The predicted octanol–water partition coefficient (Wildman–Crippen LogP) is 2.48. The van der Waals surface area contributed by atoms with Gasteiger partial charge in [-0.15, -0.1) is 0 Å². The van der Waals surface area contributed by atoms with Gasteiger partial charge in [0.1, 0.15) is 0 Å². The number of nitrogens with two attached hydrogens (primary N) is 1. The van der Waals surface area contributed by atoms with E-state index in [1.807, 2.05) is 10.9 Å². The maximum atomic E-state index is 6.42. The highest BCUT2D eigenvalue weighted by molar-refractivity contribution is 9.10. The van der Waals surface area contributed by atoms with E-state index in [9.17, 15) is 0 Å². The average Bonchev–Trinajstić information content (AvgIpc) is 2.93. The quantitative estimate of drug-likeness (QED) is 0.929. The third kappa shape index (κ3) is 2.41. The molecule has 1 aliphatic rings. The van der Waals surface area contributed by atoms with Crippen LogP contribution in [0.2, 0.25) is 0 Å². The largest absolute Gasteiger partial charge is 0.378 e. The summed E-state index contributed by atoms with van der Waals surface area (Å²) in [7, 11) is 0. The van der Waals surface area contributed by atoms with Gasteiger partial charge in [0.2, 0.25) is 0 Å². The van der Waals surface area contributed by atoms with Crippen LogP contribution in [0.15, 0.2) is 10.7 Å². The zero-order valence-electron chi connectivity index (χ0n) is 10.4. The van der Waals surface area contributed by atoms with Crippen molar-refractivity contribution in [3.8, 4) is 0 Å². The number of hydrogen-bond donors (Lipinski definition) is 1. The van der Waals surface area contributed by atoms with Gasteiger partial charge in [0, 0.05) is 19.1 Å². The number of aryl methyl sites for hydroxylation is 1. The van der Waals surface area contributed by atoms with Gasteiger partial charge in [-0.05, 0) is 35.7 Å². The number of nitrogens with zero attached hydrogens (tertiary/aromatic N) is 2. The number of hydrogen-bond acceptors (Lipinski definition) is 3. The van der Waals surface area contributed by atoms with E-state index in [4.69, 9.17) is 10.5 Å². The van der Waals surface area contributed by atoms with Crippen LogP contribution < -0.4 is 5.73 Å². The van der Waals surface area contributed by atoms with E-state index in [2.05, 4.69) is 34.9 Å². The van der Waals surface area contributed by atoms with E-state index in [-0.39, 0.29) is 12.1 Å². The number of rotatable bonds is 4. The van der Waals surface area contributed by atoms with Crippen LogP contribution in [0.5, 0.6) is 0 Å². The Kier molecular flexibility index (Phi) is 4.22. The Balaban J connectivity index is 2.23. The second-order valence-corrected chi connectivity index (χ2v) is 5.34. The van der Waals surface area contributed by atoms with E-state index < -0.39 is 0 Å². The Hall–Kier alpha value is -0.390. The van der Waals surface area contributed by atoms with Gasteiger partial charge in [-0.25, -0.2) is 0 Å². The van der Waals surface area contributed by atoms with Crippen molar-refractivity contribution in [2.75, 3.05) is 6.61 Å². The van der Waals surface area contributed by atoms with Gasteiger partial charge < -0.3 is 10.5 Å². The fraction of sp³-hybridized carbons (Fsp3) is 0.750. The monoisotopic (exact) mass is 301 g/mol. The lowest BCUT2D eigenvalue weighted by Crippen LogP contribution is -2.30. The molecule has 2 N–H and O–H groups in total. The van der Waals surface area contributed by atoms with Crippen LogP contribution in [0.25, 0.3) is 0 Å². The fourth-order valence-corrected chi connectivity index (χ4v) is 3.22. The van der Waals surface area contributed by atoms with Crippen LogP contribution in [0, 0.1) is 5.92 Å². The van der Waals surface area contributed by atoms with Crippen molar-refractivity contribution in [1.82, 2.24) is 9.78 Å². The number of halogens is 1. The minimum Gasteiger partial charge on any atom is -0.378 e.